The highest BCUT2D eigenvalue weighted by Gasteiger charge is 2.18. The first-order valence-electron chi connectivity index (χ1n) is 9.67. The van der Waals surface area contributed by atoms with Gasteiger partial charge in [-0.15, -0.1) is 0 Å². The van der Waals surface area contributed by atoms with E-state index >= 15 is 0 Å². The normalized spacial score (nSPS) is 11.9. The second kappa shape index (κ2) is 8.46. The van der Waals surface area contributed by atoms with Gasteiger partial charge in [0.2, 0.25) is 0 Å². The van der Waals surface area contributed by atoms with Gasteiger partial charge in [-0.3, -0.25) is 4.79 Å². The maximum absolute atomic E-state index is 13.3. The number of aromatic nitrogens is 1. The molecule has 1 amide bonds. The molecule has 4 heteroatoms. The molecule has 1 unspecified atom stereocenters. The number of benzene rings is 3. The van der Waals surface area contributed by atoms with E-state index in [1.165, 1.54) is 0 Å². The number of carbonyl (C=O) groups is 1. The predicted molar refractivity (Wildman–Crippen MR) is 119 cm³/mol. The van der Waals surface area contributed by atoms with Crippen molar-refractivity contribution in [1.82, 2.24) is 10.3 Å². The summed E-state index contributed by atoms with van der Waals surface area (Å²) in [6, 6.07) is 27.1. The summed E-state index contributed by atoms with van der Waals surface area (Å²) in [5.74, 6) is -0.118. The number of amides is 1. The fourth-order valence-corrected chi connectivity index (χ4v) is 3.66. The highest BCUT2D eigenvalue weighted by atomic mass is 35.5. The topological polar surface area (TPSA) is 42.0 Å². The molecular formula is C25H21ClN2O. The van der Waals surface area contributed by atoms with Crippen LogP contribution in [0.2, 0.25) is 5.02 Å². The number of rotatable bonds is 5. The molecule has 0 radical (unpaired) electrons. The lowest BCUT2D eigenvalue weighted by Gasteiger charge is -2.18. The maximum Gasteiger partial charge on any atom is 0.252 e. The molecule has 0 saturated carbocycles. The lowest BCUT2D eigenvalue weighted by atomic mass is 10.0. The molecule has 0 aliphatic carbocycles. The van der Waals surface area contributed by atoms with Crippen LogP contribution in [0.5, 0.6) is 0 Å². The molecule has 4 rings (SSSR count). The Kier molecular flexibility index (Phi) is 5.59. The Labute approximate surface area is 175 Å². The molecule has 144 valence electrons. The van der Waals surface area contributed by atoms with E-state index in [9.17, 15) is 4.79 Å². The molecule has 0 bridgehead atoms. The van der Waals surface area contributed by atoms with Gasteiger partial charge in [0.15, 0.2) is 0 Å². The SMILES string of the molecule is CCC(NC(=O)c1cc(-c2ccccc2)nc2cc(Cl)ccc12)c1ccccc1. The van der Waals surface area contributed by atoms with Gasteiger partial charge < -0.3 is 5.32 Å². The molecule has 1 atom stereocenters. The summed E-state index contributed by atoms with van der Waals surface area (Å²) in [4.78, 5) is 18.0. The van der Waals surface area contributed by atoms with Crippen molar-refractivity contribution in [2.75, 3.05) is 0 Å². The molecule has 0 aliphatic heterocycles. The first-order chi connectivity index (χ1) is 14.2. The molecule has 0 aliphatic rings. The molecule has 1 heterocycles. The van der Waals surface area contributed by atoms with E-state index in [4.69, 9.17) is 16.6 Å². The van der Waals surface area contributed by atoms with Crippen molar-refractivity contribution in [3.8, 4) is 11.3 Å². The van der Waals surface area contributed by atoms with Crippen LogP contribution in [0, 0.1) is 0 Å². The van der Waals surface area contributed by atoms with Gasteiger partial charge >= 0.3 is 0 Å². The third-order valence-electron chi connectivity index (χ3n) is 5.00. The summed E-state index contributed by atoms with van der Waals surface area (Å²) in [6.07, 6.45) is 0.802. The van der Waals surface area contributed by atoms with Crippen LogP contribution in [0.4, 0.5) is 0 Å². The van der Waals surface area contributed by atoms with Crippen LogP contribution in [0.25, 0.3) is 22.2 Å². The average molecular weight is 401 g/mol. The van der Waals surface area contributed by atoms with Crippen molar-refractivity contribution in [3.05, 3.63) is 101 Å². The largest absolute Gasteiger partial charge is 0.345 e. The Morgan fingerprint density at radius 3 is 2.34 bits per heavy atom. The van der Waals surface area contributed by atoms with Crippen LogP contribution < -0.4 is 5.32 Å². The van der Waals surface area contributed by atoms with Crippen molar-refractivity contribution in [2.24, 2.45) is 0 Å². The maximum atomic E-state index is 13.3. The van der Waals surface area contributed by atoms with Crippen molar-refractivity contribution in [1.29, 1.82) is 0 Å². The minimum atomic E-state index is -0.118. The van der Waals surface area contributed by atoms with E-state index in [1.807, 2.05) is 72.8 Å². The Morgan fingerprint density at radius 2 is 1.66 bits per heavy atom. The van der Waals surface area contributed by atoms with Gasteiger partial charge in [0.1, 0.15) is 0 Å². The smallest absolute Gasteiger partial charge is 0.252 e. The van der Waals surface area contributed by atoms with Crippen LogP contribution >= 0.6 is 11.6 Å². The van der Waals surface area contributed by atoms with Crippen LogP contribution in [-0.2, 0) is 0 Å². The number of hydrogen-bond donors (Lipinski definition) is 1. The van der Waals surface area contributed by atoms with Gasteiger partial charge in [0.05, 0.1) is 22.8 Å². The summed E-state index contributed by atoms with van der Waals surface area (Å²) in [5, 5.41) is 4.57. The molecule has 1 aromatic heterocycles. The molecule has 0 spiro atoms. The first kappa shape index (κ1) is 19.2. The molecule has 29 heavy (non-hydrogen) atoms. The number of nitrogens with one attached hydrogen (secondary N) is 1. The Morgan fingerprint density at radius 1 is 0.966 bits per heavy atom. The van der Waals surface area contributed by atoms with Gasteiger partial charge in [-0.05, 0) is 30.2 Å². The monoisotopic (exact) mass is 400 g/mol. The molecule has 0 saturated heterocycles. The van der Waals surface area contributed by atoms with Gasteiger partial charge in [-0.25, -0.2) is 4.98 Å². The van der Waals surface area contributed by atoms with Gasteiger partial charge in [0, 0.05) is 16.0 Å². The van der Waals surface area contributed by atoms with Crippen molar-refractivity contribution in [2.45, 2.75) is 19.4 Å². The minimum Gasteiger partial charge on any atom is -0.345 e. The third-order valence-corrected chi connectivity index (χ3v) is 5.24. The zero-order chi connectivity index (χ0) is 20.2. The summed E-state index contributed by atoms with van der Waals surface area (Å²) in [5.41, 5.74) is 4.10. The lowest BCUT2D eigenvalue weighted by Crippen LogP contribution is -2.28. The first-order valence-corrected chi connectivity index (χ1v) is 10.0. The van der Waals surface area contributed by atoms with Crippen molar-refractivity contribution in [3.63, 3.8) is 0 Å². The van der Waals surface area contributed by atoms with E-state index < -0.39 is 0 Å². The van der Waals surface area contributed by atoms with Crippen LogP contribution in [-0.4, -0.2) is 10.9 Å². The highest BCUT2D eigenvalue weighted by Crippen LogP contribution is 2.27. The van der Waals surface area contributed by atoms with E-state index in [2.05, 4.69) is 12.2 Å². The Hall–Kier alpha value is -3.17. The van der Waals surface area contributed by atoms with Crippen LogP contribution in [0.3, 0.4) is 0 Å². The van der Waals surface area contributed by atoms with Gasteiger partial charge in [-0.1, -0.05) is 85.3 Å². The van der Waals surface area contributed by atoms with Crippen LogP contribution in [0.1, 0.15) is 35.3 Å². The summed E-state index contributed by atoms with van der Waals surface area (Å²) < 4.78 is 0. The third kappa shape index (κ3) is 4.15. The van der Waals surface area contributed by atoms with Crippen molar-refractivity contribution < 1.29 is 4.79 Å². The van der Waals surface area contributed by atoms with Crippen molar-refractivity contribution >= 4 is 28.4 Å². The average Bonchev–Trinajstić information content (AvgIpc) is 2.77. The number of halogens is 1. The fourth-order valence-electron chi connectivity index (χ4n) is 3.49. The predicted octanol–water partition coefficient (Wildman–Crippen LogP) is 6.44. The number of pyridine rings is 1. The van der Waals surface area contributed by atoms with Gasteiger partial charge in [0.25, 0.3) is 5.91 Å². The van der Waals surface area contributed by atoms with E-state index in [1.54, 1.807) is 12.1 Å². The lowest BCUT2D eigenvalue weighted by molar-refractivity contribution is 0.0937. The summed E-state index contributed by atoms with van der Waals surface area (Å²) >= 11 is 6.20. The number of fused-ring (bicyclic) bond motifs is 1. The number of hydrogen-bond acceptors (Lipinski definition) is 2. The quantitative estimate of drug-likeness (QED) is 0.419. The second-order valence-electron chi connectivity index (χ2n) is 6.93. The molecular weight excluding hydrogens is 380 g/mol. The molecule has 1 N–H and O–H groups in total. The zero-order valence-corrected chi connectivity index (χ0v) is 16.9. The van der Waals surface area contributed by atoms with E-state index in [-0.39, 0.29) is 11.9 Å². The molecule has 0 fully saturated rings. The highest BCUT2D eigenvalue weighted by molar-refractivity contribution is 6.31. The Bertz CT molecular complexity index is 1140. The zero-order valence-electron chi connectivity index (χ0n) is 16.1. The minimum absolute atomic E-state index is 0.0561. The fraction of sp³-hybridized carbons (Fsp3) is 0.120. The van der Waals surface area contributed by atoms with E-state index in [0.29, 0.717) is 16.1 Å². The molecule has 3 nitrogen and oxygen atoms in total. The van der Waals surface area contributed by atoms with Gasteiger partial charge in [-0.2, -0.15) is 0 Å². The standard InChI is InChI=1S/C25H21ClN2O/c1-2-22(17-9-5-3-6-10-17)28-25(29)21-16-23(18-11-7-4-8-12-18)27-24-15-19(26)13-14-20(21)24/h3-16,22H,2H2,1H3,(H,28,29). The number of carbonyl (C=O) groups excluding carboxylic acids is 1. The molecule has 4 aromatic rings. The summed E-state index contributed by atoms with van der Waals surface area (Å²) in [6.45, 7) is 2.07. The summed E-state index contributed by atoms with van der Waals surface area (Å²) in [7, 11) is 0. The van der Waals surface area contributed by atoms with Crippen LogP contribution in [0.15, 0.2) is 84.9 Å². The van der Waals surface area contributed by atoms with E-state index in [0.717, 1.165) is 28.6 Å². The molecule has 3 aromatic carbocycles. The Balaban J connectivity index is 1.78. The number of nitrogens with zero attached hydrogens (tertiary/aromatic N) is 1. The second-order valence-corrected chi connectivity index (χ2v) is 7.36.